The summed E-state index contributed by atoms with van der Waals surface area (Å²) in [5, 5.41) is 9.65. The third-order valence-corrected chi connectivity index (χ3v) is 3.54. The highest BCUT2D eigenvalue weighted by molar-refractivity contribution is 4.84. The van der Waals surface area contributed by atoms with Crippen LogP contribution in [0.2, 0.25) is 0 Å². The van der Waals surface area contributed by atoms with Gasteiger partial charge >= 0.3 is 0 Å². The maximum absolute atomic E-state index is 9.65. The largest absolute Gasteiger partial charge is 0.368 e. The lowest BCUT2D eigenvalue weighted by molar-refractivity contribution is -0.197. The first-order valence-corrected chi connectivity index (χ1v) is 5.08. The van der Waals surface area contributed by atoms with Gasteiger partial charge in [-0.15, -0.1) is 0 Å². The summed E-state index contributed by atoms with van der Waals surface area (Å²) in [5.41, 5.74) is 0. The molecule has 0 aromatic heterocycles. The van der Waals surface area contributed by atoms with Crippen molar-refractivity contribution in [1.29, 1.82) is 0 Å². The molecule has 2 rings (SSSR count). The number of rotatable bonds is 0. The number of ether oxygens (including phenoxy) is 1. The van der Waals surface area contributed by atoms with Gasteiger partial charge in [-0.1, -0.05) is 19.8 Å². The molecule has 1 unspecified atom stereocenters. The standard InChI is InChI=1S/C10H18O2/c1-7-3-2-4-8-5-6-12-10(11)9(7)8/h7-11H,2-6H2,1H3/t7-,8-,9+,10?/m1/s1. The molecule has 2 nitrogen and oxygen atoms in total. The van der Waals surface area contributed by atoms with E-state index >= 15 is 0 Å². The predicted octanol–water partition coefficient (Wildman–Crippen LogP) is 1.78. The highest BCUT2D eigenvalue weighted by Gasteiger charge is 2.38. The summed E-state index contributed by atoms with van der Waals surface area (Å²) in [4.78, 5) is 0. The Morgan fingerprint density at radius 1 is 1.25 bits per heavy atom. The first-order chi connectivity index (χ1) is 5.79. The first-order valence-electron chi connectivity index (χ1n) is 5.08. The fourth-order valence-electron chi connectivity index (χ4n) is 2.85. The molecule has 12 heavy (non-hydrogen) atoms. The average molecular weight is 170 g/mol. The lowest BCUT2D eigenvalue weighted by Crippen LogP contribution is -2.42. The number of hydrogen-bond acceptors (Lipinski definition) is 2. The molecule has 0 radical (unpaired) electrons. The SMILES string of the molecule is C[C@@H]1CCC[C@@H]2CCOC(O)[C@H]21. The zero-order chi connectivity index (χ0) is 8.55. The van der Waals surface area contributed by atoms with Crippen molar-refractivity contribution in [1.82, 2.24) is 0 Å². The van der Waals surface area contributed by atoms with Crippen LogP contribution in [0, 0.1) is 17.8 Å². The molecule has 1 heterocycles. The van der Waals surface area contributed by atoms with Gasteiger partial charge in [0, 0.05) is 5.92 Å². The summed E-state index contributed by atoms with van der Waals surface area (Å²) in [7, 11) is 0. The fraction of sp³-hybridized carbons (Fsp3) is 1.00. The Balaban J connectivity index is 2.07. The maximum Gasteiger partial charge on any atom is 0.157 e. The van der Waals surface area contributed by atoms with Crippen molar-refractivity contribution in [3.63, 3.8) is 0 Å². The Bertz CT molecular complexity index is 142. The summed E-state index contributed by atoms with van der Waals surface area (Å²) in [6.45, 7) is 3.00. The summed E-state index contributed by atoms with van der Waals surface area (Å²) in [6.07, 6.45) is 4.59. The number of fused-ring (bicyclic) bond motifs is 1. The Morgan fingerprint density at radius 2 is 2.08 bits per heavy atom. The van der Waals surface area contributed by atoms with Crippen molar-refractivity contribution >= 4 is 0 Å². The molecule has 2 aliphatic rings. The molecule has 4 atom stereocenters. The van der Waals surface area contributed by atoms with Crippen LogP contribution in [-0.4, -0.2) is 18.0 Å². The summed E-state index contributed by atoms with van der Waals surface area (Å²) < 4.78 is 5.27. The van der Waals surface area contributed by atoms with Crippen molar-refractivity contribution in [2.24, 2.45) is 17.8 Å². The van der Waals surface area contributed by atoms with E-state index in [9.17, 15) is 5.11 Å². The van der Waals surface area contributed by atoms with Gasteiger partial charge in [0.15, 0.2) is 6.29 Å². The maximum atomic E-state index is 9.65. The second-order valence-electron chi connectivity index (χ2n) is 4.30. The van der Waals surface area contributed by atoms with E-state index in [1.807, 2.05) is 0 Å². The van der Waals surface area contributed by atoms with Crippen LogP contribution >= 0.6 is 0 Å². The lowest BCUT2D eigenvalue weighted by Gasteiger charge is -2.42. The van der Waals surface area contributed by atoms with Crippen molar-refractivity contribution < 1.29 is 9.84 Å². The Morgan fingerprint density at radius 3 is 2.83 bits per heavy atom. The number of aliphatic hydroxyl groups excluding tert-OH is 1. The van der Waals surface area contributed by atoms with Gasteiger partial charge in [0.1, 0.15) is 0 Å². The topological polar surface area (TPSA) is 29.5 Å². The molecule has 1 aliphatic heterocycles. The highest BCUT2D eigenvalue weighted by atomic mass is 16.6. The molecule has 0 spiro atoms. The highest BCUT2D eigenvalue weighted by Crippen LogP contribution is 2.41. The number of aliphatic hydroxyl groups is 1. The monoisotopic (exact) mass is 170 g/mol. The fourth-order valence-corrected chi connectivity index (χ4v) is 2.85. The van der Waals surface area contributed by atoms with Crippen LogP contribution in [-0.2, 0) is 4.74 Å². The van der Waals surface area contributed by atoms with Crippen molar-refractivity contribution in [3.8, 4) is 0 Å². The summed E-state index contributed by atoms with van der Waals surface area (Å²) >= 11 is 0. The van der Waals surface area contributed by atoms with Crippen LogP contribution < -0.4 is 0 Å². The van der Waals surface area contributed by atoms with Gasteiger partial charge < -0.3 is 9.84 Å². The van der Waals surface area contributed by atoms with Gasteiger partial charge in [-0.05, 0) is 24.7 Å². The van der Waals surface area contributed by atoms with E-state index in [1.165, 1.54) is 19.3 Å². The summed E-state index contributed by atoms with van der Waals surface area (Å²) in [6, 6.07) is 0. The quantitative estimate of drug-likeness (QED) is 0.600. The van der Waals surface area contributed by atoms with E-state index in [0.717, 1.165) is 18.9 Å². The average Bonchev–Trinajstić information content (AvgIpc) is 2.04. The Labute approximate surface area is 73.9 Å². The van der Waals surface area contributed by atoms with Crippen molar-refractivity contribution in [2.45, 2.75) is 38.9 Å². The molecule has 0 bridgehead atoms. The second-order valence-corrected chi connectivity index (χ2v) is 4.30. The normalized spacial score (nSPS) is 48.5. The van der Waals surface area contributed by atoms with Crippen LogP contribution in [0.25, 0.3) is 0 Å². The molecule has 1 saturated heterocycles. The van der Waals surface area contributed by atoms with Crippen LogP contribution in [0.5, 0.6) is 0 Å². The van der Waals surface area contributed by atoms with E-state index < -0.39 is 6.29 Å². The van der Waals surface area contributed by atoms with Crippen molar-refractivity contribution in [2.75, 3.05) is 6.61 Å². The molecule has 70 valence electrons. The second kappa shape index (κ2) is 3.35. The van der Waals surface area contributed by atoms with E-state index in [2.05, 4.69) is 6.92 Å². The molecular formula is C10H18O2. The minimum atomic E-state index is -0.473. The molecule has 1 N–H and O–H groups in total. The zero-order valence-corrected chi connectivity index (χ0v) is 7.70. The number of hydrogen-bond donors (Lipinski definition) is 1. The van der Waals surface area contributed by atoms with E-state index in [1.54, 1.807) is 0 Å². The van der Waals surface area contributed by atoms with Gasteiger partial charge in [-0.25, -0.2) is 0 Å². The van der Waals surface area contributed by atoms with Gasteiger partial charge in [-0.3, -0.25) is 0 Å². The van der Waals surface area contributed by atoms with Gasteiger partial charge in [0.2, 0.25) is 0 Å². The minimum Gasteiger partial charge on any atom is -0.368 e. The van der Waals surface area contributed by atoms with E-state index in [4.69, 9.17) is 4.74 Å². The zero-order valence-electron chi connectivity index (χ0n) is 7.70. The minimum absolute atomic E-state index is 0.424. The molecule has 0 aromatic carbocycles. The van der Waals surface area contributed by atoms with Crippen LogP contribution in [0.15, 0.2) is 0 Å². The molecular weight excluding hydrogens is 152 g/mol. The molecule has 1 saturated carbocycles. The predicted molar refractivity (Wildman–Crippen MR) is 46.6 cm³/mol. The third kappa shape index (κ3) is 1.38. The Kier molecular flexibility index (Phi) is 2.37. The first kappa shape index (κ1) is 8.52. The van der Waals surface area contributed by atoms with Crippen LogP contribution in [0.4, 0.5) is 0 Å². The molecule has 2 heteroatoms. The van der Waals surface area contributed by atoms with E-state index in [0.29, 0.717) is 11.8 Å². The van der Waals surface area contributed by atoms with Crippen LogP contribution in [0.3, 0.4) is 0 Å². The summed E-state index contributed by atoms with van der Waals surface area (Å²) in [5.74, 6) is 1.81. The van der Waals surface area contributed by atoms with Gasteiger partial charge in [0.25, 0.3) is 0 Å². The smallest absolute Gasteiger partial charge is 0.157 e. The molecule has 1 aliphatic carbocycles. The van der Waals surface area contributed by atoms with E-state index in [-0.39, 0.29) is 0 Å². The molecule has 0 aromatic rings. The lowest BCUT2D eigenvalue weighted by atomic mass is 9.70. The molecule has 0 amide bonds. The van der Waals surface area contributed by atoms with Crippen molar-refractivity contribution in [3.05, 3.63) is 0 Å². The molecule has 2 fully saturated rings. The van der Waals surface area contributed by atoms with Gasteiger partial charge in [0.05, 0.1) is 6.61 Å². The van der Waals surface area contributed by atoms with Gasteiger partial charge in [-0.2, -0.15) is 0 Å². The third-order valence-electron chi connectivity index (χ3n) is 3.54. The van der Waals surface area contributed by atoms with Crippen LogP contribution in [0.1, 0.15) is 32.6 Å². The Hall–Kier alpha value is -0.0800.